The smallest absolute Gasteiger partial charge is 0.339 e. The molecule has 0 fully saturated rings. The molecule has 7 heteroatoms. The number of fused-ring (bicyclic) bond motifs is 2. The molecule has 4 aromatic rings. The van der Waals surface area contributed by atoms with Gasteiger partial charge >= 0.3 is 5.97 Å². The molecule has 2 heterocycles. The fraction of sp³-hybridized carbons (Fsp3) is 0.250. The first-order chi connectivity index (χ1) is 15.1. The molecular weight excluding hydrogens is 414 g/mol. The molecule has 1 aliphatic carbocycles. The van der Waals surface area contributed by atoms with Gasteiger partial charge in [-0.2, -0.15) is 0 Å². The fourth-order valence-corrected chi connectivity index (χ4v) is 4.14. The van der Waals surface area contributed by atoms with E-state index in [1.165, 1.54) is 0 Å². The average Bonchev–Trinajstić information content (AvgIpc) is 3.25. The highest BCUT2D eigenvalue weighted by Crippen LogP contribution is 2.32. The van der Waals surface area contributed by atoms with E-state index >= 15 is 0 Å². The number of nitrogens with zero attached hydrogens (tertiary/aromatic N) is 3. The summed E-state index contributed by atoms with van der Waals surface area (Å²) in [4.78, 5) is 18.0. The van der Waals surface area contributed by atoms with Gasteiger partial charge in [-0.25, -0.2) is 4.79 Å². The second-order valence-electron chi connectivity index (χ2n) is 7.86. The number of hydrogen-bond acceptors (Lipinski definition) is 6. The Labute approximate surface area is 184 Å². The van der Waals surface area contributed by atoms with Crippen molar-refractivity contribution < 1.29 is 13.9 Å². The first-order valence-corrected chi connectivity index (χ1v) is 10.6. The van der Waals surface area contributed by atoms with Gasteiger partial charge in [-0.15, -0.1) is 10.2 Å². The number of para-hydroxylation sites is 1. The zero-order valence-electron chi connectivity index (χ0n) is 17.0. The highest BCUT2D eigenvalue weighted by molar-refractivity contribution is 6.30. The van der Waals surface area contributed by atoms with Crippen molar-refractivity contribution in [3.8, 4) is 11.5 Å². The lowest BCUT2D eigenvalue weighted by molar-refractivity contribution is 0.0439. The van der Waals surface area contributed by atoms with Crippen molar-refractivity contribution in [2.45, 2.75) is 32.8 Å². The minimum Gasteiger partial charge on any atom is -0.452 e. The fourth-order valence-electron chi connectivity index (χ4n) is 4.02. The van der Waals surface area contributed by atoms with E-state index < -0.39 is 5.97 Å². The van der Waals surface area contributed by atoms with E-state index in [0.717, 1.165) is 47.0 Å². The summed E-state index contributed by atoms with van der Waals surface area (Å²) in [6, 6.07) is 14.8. The summed E-state index contributed by atoms with van der Waals surface area (Å²) in [7, 11) is 0. The van der Waals surface area contributed by atoms with Crippen molar-refractivity contribution >= 4 is 28.5 Å². The zero-order chi connectivity index (χ0) is 21.4. The van der Waals surface area contributed by atoms with Crippen molar-refractivity contribution in [2.75, 3.05) is 0 Å². The maximum absolute atomic E-state index is 13.2. The van der Waals surface area contributed by atoms with E-state index in [9.17, 15) is 4.79 Å². The molecule has 0 radical (unpaired) electrons. The van der Waals surface area contributed by atoms with Crippen LogP contribution in [0.5, 0.6) is 0 Å². The summed E-state index contributed by atoms with van der Waals surface area (Å²) < 4.78 is 11.3. The minimum atomic E-state index is -0.393. The van der Waals surface area contributed by atoms with Gasteiger partial charge in [0.25, 0.3) is 5.89 Å². The third-order valence-electron chi connectivity index (χ3n) is 5.59. The van der Waals surface area contributed by atoms with Gasteiger partial charge < -0.3 is 9.15 Å². The summed E-state index contributed by atoms with van der Waals surface area (Å²) in [5.74, 6) is 0.692. The van der Waals surface area contributed by atoms with Crippen LogP contribution >= 0.6 is 11.6 Å². The molecule has 2 aromatic heterocycles. The van der Waals surface area contributed by atoms with Gasteiger partial charge in [0.15, 0.2) is 6.61 Å². The molecule has 0 saturated carbocycles. The van der Waals surface area contributed by atoms with E-state index in [1.54, 1.807) is 24.3 Å². The topological polar surface area (TPSA) is 78.1 Å². The van der Waals surface area contributed by atoms with Crippen LogP contribution in [-0.2, 0) is 24.2 Å². The molecule has 5 rings (SSSR count). The van der Waals surface area contributed by atoms with Crippen LogP contribution in [0.2, 0.25) is 5.02 Å². The maximum Gasteiger partial charge on any atom is 0.339 e. The Bertz CT molecular complexity index is 1270. The molecule has 2 aromatic carbocycles. The number of carbonyl (C=O) groups excluding carboxylic acids is 1. The Balaban J connectivity index is 1.41. The highest BCUT2D eigenvalue weighted by atomic mass is 35.5. The van der Waals surface area contributed by atoms with Gasteiger partial charge in [0.05, 0.1) is 11.1 Å². The molecular formula is C24H20ClN3O3. The van der Waals surface area contributed by atoms with Crippen molar-refractivity contribution in [2.24, 2.45) is 5.92 Å². The molecule has 0 amide bonds. The molecule has 0 unspecified atom stereocenters. The third kappa shape index (κ3) is 3.91. The number of benzene rings is 2. The zero-order valence-corrected chi connectivity index (χ0v) is 17.7. The molecule has 1 atom stereocenters. The van der Waals surface area contributed by atoms with Crippen molar-refractivity contribution in [3.05, 3.63) is 76.3 Å². The maximum atomic E-state index is 13.2. The molecule has 0 aliphatic heterocycles. The van der Waals surface area contributed by atoms with Crippen LogP contribution in [0.4, 0.5) is 0 Å². The minimum absolute atomic E-state index is 0.0968. The quantitative estimate of drug-likeness (QED) is 0.400. The van der Waals surface area contributed by atoms with Gasteiger partial charge in [-0.1, -0.05) is 36.7 Å². The van der Waals surface area contributed by atoms with Crippen LogP contribution in [-0.4, -0.2) is 21.2 Å². The molecule has 0 N–H and O–H groups in total. The lowest BCUT2D eigenvalue weighted by Gasteiger charge is -2.24. The van der Waals surface area contributed by atoms with Crippen LogP contribution < -0.4 is 0 Å². The third-order valence-corrected chi connectivity index (χ3v) is 5.85. The second kappa shape index (κ2) is 8.12. The number of hydrogen-bond donors (Lipinski definition) is 0. The summed E-state index contributed by atoms with van der Waals surface area (Å²) in [5, 5.41) is 9.48. The lowest BCUT2D eigenvalue weighted by atomic mass is 9.84. The van der Waals surface area contributed by atoms with Crippen LogP contribution in [0.15, 0.2) is 52.9 Å². The van der Waals surface area contributed by atoms with E-state index in [0.29, 0.717) is 22.4 Å². The Hall–Kier alpha value is -3.25. The van der Waals surface area contributed by atoms with Gasteiger partial charge in [0, 0.05) is 21.7 Å². The first kappa shape index (κ1) is 19.7. The Morgan fingerprint density at radius 3 is 2.81 bits per heavy atom. The van der Waals surface area contributed by atoms with Gasteiger partial charge in [0.1, 0.15) is 0 Å². The molecule has 1 aliphatic rings. The SMILES string of the molecule is C[C@H]1CCc2nc3ccccc3c(C(=O)OCc3nnc(-c4ccc(Cl)cc4)o3)c2C1. The molecule has 31 heavy (non-hydrogen) atoms. The van der Waals surface area contributed by atoms with Crippen LogP contribution in [0.25, 0.3) is 22.4 Å². The number of carbonyl (C=O) groups is 1. The predicted molar refractivity (Wildman–Crippen MR) is 117 cm³/mol. The van der Waals surface area contributed by atoms with Crippen molar-refractivity contribution in [1.82, 2.24) is 15.2 Å². The Morgan fingerprint density at radius 2 is 1.97 bits per heavy atom. The normalized spacial score (nSPS) is 15.6. The van der Waals surface area contributed by atoms with Gasteiger partial charge in [0.2, 0.25) is 5.89 Å². The number of pyridine rings is 1. The number of rotatable bonds is 4. The summed E-state index contributed by atoms with van der Waals surface area (Å²) >= 11 is 5.92. The monoisotopic (exact) mass is 433 g/mol. The predicted octanol–water partition coefficient (Wildman–Crippen LogP) is 5.42. The highest BCUT2D eigenvalue weighted by Gasteiger charge is 2.26. The van der Waals surface area contributed by atoms with E-state index in [2.05, 4.69) is 17.1 Å². The Kier molecular flexibility index (Phi) is 5.16. The molecule has 0 spiro atoms. The van der Waals surface area contributed by atoms with Crippen molar-refractivity contribution in [3.63, 3.8) is 0 Å². The lowest BCUT2D eigenvalue weighted by Crippen LogP contribution is -2.19. The molecule has 0 saturated heterocycles. The summed E-state index contributed by atoms with van der Waals surface area (Å²) in [6.07, 6.45) is 2.76. The molecule has 0 bridgehead atoms. The average molecular weight is 434 g/mol. The van der Waals surface area contributed by atoms with E-state index in [-0.39, 0.29) is 12.5 Å². The second-order valence-corrected chi connectivity index (χ2v) is 8.30. The van der Waals surface area contributed by atoms with Crippen molar-refractivity contribution in [1.29, 1.82) is 0 Å². The molecule has 6 nitrogen and oxygen atoms in total. The van der Waals surface area contributed by atoms with Gasteiger partial charge in [-0.05, 0) is 61.1 Å². The number of halogens is 1. The number of ether oxygens (including phenoxy) is 1. The molecule has 156 valence electrons. The van der Waals surface area contributed by atoms with Crippen LogP contribution in [0.1, 0.15) is 40.9 Å². The summed E-state index contributed by atoms with van der Waals surface area (Å²) in [5.41, 5.74) is 4.15. The standard InChI is InChI=1S/C24H20ClN3O3/c1-14-6-11-20-18(12-14)22(17-4-2-3-5-19(17)26-20)24(29)30-13-21-27-28-23(31-21)15-7-9-16(25)10-8-15/h2-5,7-10,14H,6,11-13H2,1H3/t14-/m0/s1. The van der Waals surface area contributed by atoms with Gasteiger partial charge in [-0.3, -0.25) is 4.98 Å². The Morgan fingerprint density at radius 1 is 1.16 bits per heavy atom. The largest absolute Gasteiger partial charge is 0.452 e. The number of aryl methyl sites for hydroxylation is 1. The summed E-state index contributed by atoms with van der Waals surface area (Å²) in [6.45, 7) is 2.10. The van der Waals surface area contributed by atoms with E-state index in [1.807, 2.05) is 24.3 Å². The van der Waals surface area contributed by atoms with E-state index in [4.69, 9.17) is 25.7 Å². The first-order valence-electron chi connectivity index (χ1n) is 10.2. The number of esters is 1. The van der Waals surface area contributed by atoms with Crippen LogP contribution in [0, 0.1) is 5.92 Å². The van der Waals surface area contributed by atoms with Crippen LogP contribution in [0.3, 0.4) is 0 Å². The number of aromatic nitrogens is 3.